The summed E-state index contributed by atoms with van der Waals surface area (Å²) in [7, 11) is 0. The van der Waals surface area contributed by atoms with Crippen LogP contribution in [0.3, 0.4) is 0 Å². The van der Waals surface area contributed by atoms with E-state index in [1.807, 2.05) is 19.1 Å². The molecular formula is C9H13NOS. The quantitative estimate of drug-likeness (QED) is 0.727. The number of hydrogen-bond acceptors (Lipinski definition) is 3. The highest BCUT2D eigenvalue weighted by molar-refractivity contribution is 8.00. The third-order valence-corrected chi connectivity index (χ3v) is 2.96. The minimum absolute atomic E-state index is 0.229. The summed E-state index contributed by atoms with van der Waals surface area (Å²) in [5.74, 6) is 0. The van der Waals surface area contributed by atoms with E-state index in [0.717, 1.165) is 4.90 Å². The second kappa shape index (κ2) is 4.48. The minimum atomic E-state index is -0.275. The van der Waals surface area contributed by atoms with Gasteiger partial charge in [0.25, 0.3) is 0 Å². The molecule has 0 aliphatic rings. The van der Waals surface area contributed by atoms with Crippen molar-refractivity contribution in [1.29, 1.82) is 0 Å². The number of rotatable bonds is 3. The molecule has 12 heavy (non-hydrogen) atoms. The van der Waals surface area contributed by atoms with E-state index >= 15 is 0 Å². The van der Waals surface area contributed by atoms with Gasteiger partial charge >= 0.3 is 0 Å². The number of aliphatic hydroxyl groups excluding tert-OH is 1. The van der Waals surface area contributed by atoms with E-state index in [9.17, 15) is 5.11 Å². The van der Waals surface area contributed by atoms with E-state index in [1.54, 1.807) is 31.1 Å². The Labute approximate surface area is 77.0 Å². The molecule has 0 aliphatic carbocycles. The van der Waals surface area contributed by atoms with Crippen LogP contribution in [-0.2, 0) is 0 Å². The molecule has 1 rings (SSSR count). The van der Waals surface area contributed by atoms with Gasteiger partial charge in [-0.2, -0.15) is 0 Å². The van der Waals surface area contributed by atoms with Gasteiger partial charge in [0.2, 0.25) is 0 Å². The molecule has 1 N–H and O–H groups in total. The molecule has 1 aromatic rings. The third-order valence-electron chi connectivity index (χ3n) is 1.65. The summed E-state index contributed by atoms with van der Waals surface area (Å²) in [5, 5.41) is 9.47. The minimum Gasteiger partial charge on any atom is -0.392 e. The van der Waals surface area contributed by atoms with Gasteiger partial charge in [-0.3, -0.25) is 4.98 Å². The molecule has 0 bridgehead atoms. The Morgan fingerprint density at radius 3 is 2.42 bits per heavy atom. The molecule has 0 saturated carbocycles. The van der Waals surface area contributed by atoms with E-state index < -0.39 is 0 Å². The summed E-state index contributed by atoms with van der Waals surface area (Å²) in [5.41, 5.74) is 0. The van der Waals surface area contributed by atoms with Crippen LogP contribution in [0.1, 0.15) is 13.8 Å². The van der Waals surface area contributed by atoms with Crippen molar-refractivity contribution in [1.82, 2.24) is 4.98 Å². The fraction of sp³-hybridized carbons (Fsp3) is 0.444. The highest BCUT2D eigenvalue weighted by atomic mass is 32.2. The zero-order valence-electron chi connectivity index (χ0n) is 7.27. The fourth-order valence-electron chi connectivity index (χ4n) is 0.730. The molecule has 2 atom stereocenters. The van der Waals surface area contributed by atoms with Crippen LogP contribution in [0.15, 0.2) is 29.4 Å². The molecule has 0 saturated heterocycles. The average molecular weight is 183 g/mol. The number of aliphatic hydroxyl groups is 1. The monoisotopic (exact) mass is 183 g/mol. The van der Waals surface area contributed by atoms with Crippen molar-refractivity contribution in [2.24, 2.45) is 0 Å². The normalized spacial score (nSPS) is 15.6. The summed E-state index contributed by atoms with van der Waals surface area (Å²) in [4.78, 5) is 5.07. The van der Waals surface area contributed by atoms with Crippen molar-refractivity contribution >= 4 is 11.8 Å². The van der Waals surface area contributed by atoms with Crippen LogP contribution in [0.2, 0.25) is 0 Å². The highest BCUT2D eigenvalue weighted by Crippen LogP contribution is 2.23. The number of hydrogen-bond donors (Lipinski definition) is 1. The summed E-state index contributed by atoms with van der Waals surface area (Å²) in [6, 6.07) is 3.90. The number of thioether (sulfide) groups is 1. The smallest absolute Gasteiger partial charge is 0.0631 e. The fourth-order valence-corrected chi connectivity index (χ4v) is 1.64. The first-order chi connectivity index (χ1) is 5.70. The van der Waals surface area contributed by atoms with Gasteiger partial charge in [-0.15, -0.1) is 11.8 Å². The van der Waals surface area contributed by atoms with E-state index in [-0.39, 0.29) is 11.4 Å². The molecule has 3 heteroatoms. The van der Waals surface area contributed by atoms with Crippen LogP contribution in [0, 0.1) is 0 Å². The second-order valence-electron chi connectivity index (χ2n) is 2.75. The average Bonchev–Trinajstić information content (AvgIpc) is 2.06. The number of pyridine rings is 1. The van der Waals surface area contributed by atoms with Crippen molar-refractivity contribution in [2.75, 3.05) is 0 Å². The molecule has 1 heterocycles. The van der Waals surface area contributed by atoms with Crippen LogP contribution in [-0.4, -0.2) is 21.4 Å². The lowest BCUT2D eigenvalue weighted by Gasteiger charge is -2.13. The maximum Gasteiger partial charge on any atom is 0.0631 e. The van der Waals surface area contributed by atoms with Gasteiger partial charge in [-0.25, -0.2) is 0 Å². The summed E-state index contributed by atoms with van der Waals surface area (Å²) < 4.78 is 0. The van der Waals surface area contributed by atoms with E-state index in [4.69, 9.17) is 0 Å². The first-order valence-electron chi connectivity index (χ1n) is 3.95. The Bertz CT molecular complexity index is 225. The molecule has 0 aliphatic heterocycles. The SMILES string of the molecule is CC(O)C(C)Sc1ccncc1. The third kappa shape index (κ3) is 2.83. The van der Waals surface area contributed by atoms with Crippen LogP contribution in [0.5, 0.6) is 0 Å². The zero-order valence-corrected chi connectivity index (χ0v) is 8.08. The predicted molar refractivity (Wildman–Crippen MR) is 51.2 cm³/mol. The van der Waals surface area contributed by atoms with Crippen LogP contribution >= 0.6 is 11.8 Å². The Morgan fingerprint density at radius 2 is 1.92 bits per heavy atom. The molecule has 0 fully saturated rings. The van der Waals surface area contributed by atoms with Crippen molar-refractivity contribution < 1.29 is 5.11 Å². The highest BCUT2D eigenvalue weighted by Gasteiger charge is 2.09. The molecule has 2 unspecified atom stereocenters. The maximum absolute atomic E-state index is 9.25. The lowest BCUT2D eigenvalue weighted by molar-refractivity contribution is 0.196. The molecule has 1 aromatic heterocycles. The molecule has 0 radical (unpaired) electrons. The lowest BCUT2D eigenvalue weighted by Crippen LogP contribution is -2.14. The van der Waals surface area contributed by atoms with Crippen molar-refractivity contribution in [2.45, 2.75) is 30.1 Å². The molecule has 66 valence electrons. The Kier molecular flexibility index (Phi) is 3.56. The van der Waals surface area contributed by atoms with Crippen molar-refractivity contribution in [3.8, 4) is 0 Å². The van der Waals surface area contributed by atoms with Gasteiger partial charge < -0.3 is 5.11 Å². The Hall–Kier alpha value is -0.540. The van der Waals surface area contributed by atoms with E-state index in [2.05, 4.69) is 4.98 Å². The molecule has 0 amide bonds. The topological polar surface area (TPSA) is 33.1 Å². The molecule has 2 nitrogen and oxygen atoms in total. The van der Waals surface area contributed by atoms with E-state index in [1.165, 1.54) is 0 Å². The Morgan fingerprint density at radius 1 is 1.33 bits per heavy atom. The van der Waals surface area contributed by atoms with Gasteiger partial charge in [0.05, 0.1) is 6.10 Å². The summed E-state index contributed by atoms with van der Waals surface area (Å²) >= 11 is 1.66. The molecule has 0 spiro atoms. The molecular weight excluding hydrogens is 170 g/mol. The van der Waals surface area contributed by atoms with Gasteiger partial charge in [0.15, 0.2) is 0 Å². The first kappa shape index (κ1) is 9.55. The van der Waals surface area contributed by atoms with Crippen molar-refractivity contribution in [3.05, 3.63) is 24.5 Å². The number of nitrogens with zero attached hydrogens (tertiary/aromatic N) is 1. The van der Waals surface area contributed by atoms with E-state index in [0.29, 0.717) is 0 Å². The van der Waals surface area contributed by atoms with Crippen molar-refractivity contribution in [3.63, 3.8) is 0 Å². The van der Waals surface area contributed by atoms with Gasteiger partial charge in [0.1, 0.15) is 0 Å². The zero-order chi connectivity index (χ0) is 8.97. The first-order valence-corrected chi connectivity index (χ1v) is 4.83. The summed E-state index contributed by atoms with van der Waals surface area (Å²) in [6.07, 6.45) is 3.25. The standard InChI is InChI=1S/C9H13NOS/c1-7(11)8(2)12-9-3-5-10-6-4-9/h3-8,11H,1-2H3. The Balaban J connectivity index is 2.53. The van der Waals surface area contributed by atoms with Crippen LogP contribution < -0.4 is 0 Å². The second-order valence-corrected chi connectivity index (χ2v) is 4.20. The number of aromatic nitrogens is 1. The van der Waals surface area contributed by atoms with Gasteiger partial charge in [-0.05, 0) is 19.1 Å². The van der Waals surface area contributed by atoms with Gasteiger partial charge in [-0.1, -0.05) is 6.92 Å². The summed E-state index contributed by atoms with van der Waals surface area (Å²) in [6.45, 7) is 3.81. The largest absolute Gasteiger partial charge is 0.392 e. The van der Waals surface area contributed by atoms with Crippen LogP contribution in [0.4, 0.5) is 0 Å². The van der Waals surface area contributed by atoms with Gasteiger partial charge in [0, 0.05) is 22.5 Å². The maximum atomic E-state index is 9.25. The van der Waals surface area contributed by atoms with Crippen LogP contribution in [0.25, 0.3) is 0 Å². The lowest BCUT2D eigenvalue weighted by atomic mass is 10.3. The molecule has 0 aromatic carbocycles. The predicted octanol–water partition coefficient (Wildman–Crippen LogP) is 1.94.